The largest absolute Gasteiger partial charge is 0.463 e. The van der Waals surface area contributed by atoms with Crippen molar-refractivity contribution in [3.63, 3.8) is 0 Å². The molecule has 3 N–H and O–H groups in total. The molecule has 1 unspecified atom stereocenters. The summed E-state index contributed by atoms with van der Waals surface area (Å²) in [5, 5.41) is 16.4. The Hall–Kier alpha value is -1.33. The summed E-state index contributed by atoms with van der Waals surface area (Å²) >= 11 is 5.52. The number of nitrogens with one attached hydrogen (secondary N) is 2. The van der Waals surface area contributed by atoms with Gasteiger partial charge in [-0.25, -0.2) is 0 Å². The van der Waals surface area contributed by atoms with E-state index < -0.39 is 66.7 Å². The number of amides is 1. The van der Waals surface area contributed by atoms with Crippen LogP contribution in [0, 0.1) is 5.92 Å². The fourth-order valence-corrected chi connectivity index (χ4v) is 5.53. The molecule has 0 aromatic heterocycles. The molecule has 1 saturated heterocycles. The standard InChI is InChI=1S/C27H44N2O12S.Y/c1-14(30)28-22-26(40-17(4)33)25(39-16(3)32)20(13-38-15(2)31)41-27(22)37-10-8-7-9-21(42)29-19-11-18(12-35-5)23(34)24(19)36-6;/h18-20,22-27,34H,7-13H2,1-6H3,(H,28,30)(H,29,42);/t18-,19+,20-,22-,23?,24-,25+,26-,27-;/m1./s1. The third kappa shape index (κ3) is 12.9. The second-order valence-electron chi connectivity index (χ2n) is 10.4. The summed E-state index contributed by atoms with van der Waals surface area (Å²) < 4.78 is 38.6. The van der Waals surface area contributed by atoms with E-state index in [-0.39, 0.29) is 57.9 Å². The van der Waals surface area contributed by atoms with Crippen molar-refractivity contribution in [1.29, 1.82) is 0 Å². The molecule has 1 aliphatic carbocycles. The molecule has 1 radical (unpaired) electrons. The first kappa shape index (κ1) is 39.7. The summed E-state index contributed by atoms with van der Waals surface area (Å²) in [6.45, 7) is 5.14. The number of hydrogen-bond donors (Lipinski definition) is 3. The van der Waals surface area contributed by atoms with Crippen LogP contribution in [0.5, 0.6) is 0 Å². The van der Waals surface area contributed by atoms with Crippen molar-refractivity contribution in [1.82, 2.24) is 10.6 Å². The molecule has 43 heavy (non-hydrogen) atoms. The maximum absolute atomic E-state index is 12.0. The van der Waals surface area contributed by atoms with Crippen LogP contribution < -0.4 is 10.6 Å². The van der Waals surface area contributed by atoms with Crippen molar-refractivity contribution < 1.29 is 90.2 Å². The first-order chi connectivity index (χ1) is 19.9. The predicted molar refractivity (Wildman–Crippen MR) is 150 cm³/mol. The number of carbonyl (C=O) groups is 4. The van der Waals surface area contributed by atoms with E-state index in [1.165, 1.54) is 27.7 Å². The maximum Gasteiger partial charge on any atom is 0.303 e. The van der Waals surface area contributed by atoms with Gasteiger partial charge in [0.05, 0.1) is 23.7 Å². The monoisotopic (exact) mass is 709 g/mol. The predicted octanol–water partition coefficient (Wildman–Crippen LogP) is 0.155. The van der Waals surface area contributed by atoms with Crippen LogP contribution in [0.1, 0.15) is 53.4 Å². The summed E-state index contributed by atoms with van der Waals surface area (Å²) in [5.41, 5.74) is 0. The zero-order chi connectivity index (χ0) is 31.4. The molecule has 1 heterocycles. The number of methoxy groups -OCH3 is 2. The fraction of sp³-hybridized carbons (Fsp3) is 0.815. The molecule has 1 aliphatic heterocycles. The molecule has 0 bridgehead atoms. The number of carbonyl (C=O) groups excluding carboxylic acids is 4. The van der Waals surface area contributed by atoms with E-state index in [1.54, 1.807) is 14.2 Å². The van der Waals surface area contributed by atoms with Crippen molar-refractivity contribution in [3.05, 3.63) is 0 Å². The zero-order valence-electron chi connectivity index (χ0n) is 25.6. The molecule has 2 aliphatic rings. The van der Waals surface area contributed by atoms with Gasteiger partial charge >= 0.3 is 17.9 Å². The van der Waals surface area contributed by atoms with Crippen molar-refractivity contribution >= 4 is 41.0 Å². The third-order valence-electron chi connectivity index (χ3n) is 6.92. The molecule has 16 heteroatoms. The van der Waals surface area contributed by atoms with Gasteiger partial charge in [-0.3, -0.25) is 19.2 Å². The number of thiocarbonyl (C=S) groups is 1. The summed E-state index contributed by atoms with van der Waals surface area (Å²) in [6, 6.07) is -1.16. The van der Waals surface area contributed by atoms with E-state index in [2.05, 4.69) is 10.6 Å². The molecule has 2 rings (SSSR count). The van der Waals surface area contributed by atoms with Gasteiger partial charge < -0.3 is 48.9 Å². The first-order valence-electron chi connectivity index (χ1n) is 13.9. The average Bonchev–Trinajstić information content (AvgIpc) is 3.18. The minimum Gasteiger partial charge on any atom is -0.463 e. The van der Waals surface area contributed by atoms with Crippen LogP contribution in [0.15, 0.2) is 0 Å². The first-order valence-corrected chi connectivity index (χ1v) is 14.3. The third-order valence-corrected chi connectivity index (χ3v) is 7.25. The fourth-order valence-electron chi connectivity index (χ4n) is 5.23. The molecule has 0 aromatic rings. The van der Waals surface area contributed by atoms with E-state index in [1.807, 2.05) is 0 Å². The Labute approximate surface area is 282 Å². The van der Waals surface area contributed by atoms with Crippen LogP contribution in [0.2, 0.25) is 0 Å². The van der Waals surface area contributed by atoms with Crippen LogP contribution in [-0.4, -0.2) is 117 Å². The zero-order valence-corrected chi connectivity index (χ0v) is 29.2. The smallest absolute Gasteiger partial charge is 0.303 e. The van der Waals surface area contributed by atoms with E-state index in [0.29, 0.717) is 37.3 Å². The Morgan fingerprint density at radius 1 is 0.907 bits per heavy atom. The molecular weight excluding hydrogens is 665 g/mol. The molecular formula is C27H44N2O12SY. The molecule has 1 amide bonds. The minimum atomic E-state index is -1.18. The van der Waals surface area contributed by atoms with E-state index >= 15 is 0 Å². The van der Waals surface area contributed by atoms with E-state index in [4.69, 9.17) is 45.4 Å². The second kappa shape index (κ2) is 19.9. The number of aliphatic hydroxyl groups excluding tert-OH is 1. The Morgan fingerprint density at radius 2 is 1.56 bits per heavy atom. The van der Waals surface area contributed by atoms with Gasteiger partial charge in [0.25, 0.3) is 0 Å². The number of ether oxygens (including phenoxy) is 7. The number of esters is 3. The van der Waals surface area contributed by atoms with Crippen molar-refractivity contribution in [2.75, 3.05) is 34.0 Å². The topological polar surface area (TPSA) is 177 Å². The van der Waals surface area contributed by atoms with E-state index in [0.717, 1.165) is 0 Å². The quantitative estimate of drug-likeness (QED) is 0.0907. The summed E-state index contributed by atoms with van der Waals surface area (Å²) in [6.07, 6.45) is -3.15. The van der Waals surface area contributed by atoms with Crippen LogP contribution in [0.25, 0.3) is 0 Å². The molecule has 0 aromatic carbocycles. The van der Waals surface area contributed by atoms with Gasteiger partial charge in [-0.2, -0.15) is 0 Å². The second-order valence-corrected chi connectivity index (χ2v) is 10.9. The summed E-state index contributed by atoms with van der Waals surface area (Å²) in [7, 11) is 3.14. The molecule has 0 spiro atoms. The Balaban J connectivity index is 0.00000924. The Kier molecular flexibility index (Phi) is 18.4. The van der Waals surface area contributed by atoms with Crippen molar-refractivity contribution in [3.8, 4) is 0 Å². The van der Waals surface area contributed by atoms with Crippen LogP contribution in [0.3, 0.4) is 0 Å². The Bertz CT molecular complexity index is 944. The molecule has 14 nitrogen and oxygen atoms in total. The number of rotatable bonds is 15. The average molecular weight is 710 g/mol. The van der Waals surface area contributed by atoms with Gasteiger partial charge in [0.1, 0.15) is 24.9 Å². The number of hydrogen-bond acceptors (Lipinski definition) is 13. The van der Waals surface area contributed by atoms with Crippen LogP contribution in [0.4, 0.5) is 0 Å². The van der Waals surface area contributed by atoms with Crippen LogP contribution >= 0.6 is 12.2 Å². The van der Waals surface area contributed by atoms with Gasteiger partial charge in [-0.1, -0.05) is 12.2 Å². The number of aliphatic hydroxyl groups is 1. The van der Waals surface area contributed by atoms with Gasteiger partial charge in [-0.15, -0.1) is 0 Å². The van der Waals surface area contributed by atoms with Gasteiger partial charge in [0.15, 0.2) is 18.5 Å². The van der Waals surface area contributed by atoms with Gasteiger partial charge in [-0.05, 0) is 25.7 Å². The summed E-state index contributed by atoms with van der Waals surface area (Å²) in [4.78, 5) is 47.9. The minimum absolute atomic E-state index is 0. The molecule has 9 atom stereocenters. The van der Waals surface area contributed by atoms with Crippen molar-refractivity contribution in [2.45, 2.75) is 102 Å². The van der Waals surface area contributed by atoms with E-state index in [9.17, 15) is 24.3 Å². The molecule has 2 fully saturated rings. The molecule has 243 valence electrons. The normalized spacial score (nSPS) is 30.0. The van der Waals surface area contributed by atoms with Crippen molar-refractivity contribution in [2.24, 2.45) is 5.92 Å². The Morgan fingerprint density at radius 3 is 2.12 bits per heavy atom. The van der Waals surface area contributed by atoms with Gasteiger partial charge in [0.2, 0.25) is 5.91 Å². The van der Waals surface area contributed by atoms with Gasteiger partial charge in [0, 0.05) is 87.1 Å². The number of unbranched alkanes of at least 4 members (excludes halogenated alkanes) is 1. The van der Waals surface area contributed by atoms with Crippen LogP contribution in [-0.2, 0) is 85.0 Å². The molecule has 1 saturated carbocycles. The maximum atomic E-state index is 12.0. The SMILES string of the molecule is COC[C@H]1C[C@H](NC(=S)CCCCO[C@@H]2O[C@H](COC(C)=O)[C@H](OC(C)=O)[C@H](OC(C)=O)[C@H]2NC(C)=O)[C@@H](OC)C1O.[Y]. The summed E-state index contributed by atoms with van der Waals surface area (Å²) in [5.74, 6) is -2.46.